The third-order valence-electron chi connectivity index (χ3n) is 2.60. The molecule has 20 heavy (non-hydrogen) atoms. The zero-order chi connectivity index (χ0) is 14.5. The summed E-state index contributed by atoms with van der Waals surface area (Å²) in [5.41, 5.74) is 0.475. The first-order valence-electron chi connectivity index (χ1n) is 6.00. The van der Waals surface area contributed by atoms with Crippen LogP contribution in [0, 0.1) is 6.92 Å². The molecule has 0 aromatic carbocycles. The van der Waals surface area contributed by atoms with Gasteiger partial charge in [0.2, 0.25) is 5.91 Å². The van der Waals surface area contributed by atoms with E-state index in [1.807, 2.05) is 0 Å². The average molecular weight is 294 g/mol. The first-order valence-corrected chi connectivity index (χ1v) is 6.81. The molecular weight excluding hydrogens is 280 g/mol. The Morgan fingerprint density at radius 1 is 1.50 bits per heavy atom. The fourth-order valence-corrected chi connectivity index (χ4v) is 2.48. The second-order valence-electron chi connectivity index (χ2n) is 4.12. The summed E-state index contributed by atoms with van der Waals surface area (Å²) in [7, 11) is 0. The molecule has 7 nitrogen and oxygen atoms in total. The van der Waals surface area contributed by atoms with Crippen LogP contribution >= 0.6 is 11.3 Å². The Morgan fingerprint density at radius 3 is 2.90 bits per heavy atom. The lowest BCUT2D eigenvalue weighted by Gasteiger charge is -2.03. The maximum absolute atomic E-state index is 11.6. The molecule has 0 bridgehead atoms. The van der Waals surface area contributed by atoms with Crippen molar-refractivity contribution in [2.75, 3.05) is 0 Å². The Labute approximate surface area is 119 Å². The predicted octanol–water partition coefficient (Wildman–Crippen LogP) is 1.05. The van der Waals surface area contributed by atoms with E-state index in [2.05, 4.69) is 15.4 Å². The number of aromatic carboxylic acids is 1. The maximum atomic E-state index is 11.6. The maximum Gasteiger partial charge on any atom is 0.347 e. The first-order chi connectivity index (χ1) is 9.56. The molecule has 0 atom stereocenters. The minimum Gasteiger partial charge on any atom is -0.477 e. The SMILES string of the molecule is Cc1nc(CNC(=O)CCn2cccn2)sc1C(=O)O. The van der Waals surface area contributed by atoms with Crippen molar-refractivity contribution in [2.24, 2.45) is 0 Å². The Bertz CT molecular complexity index is 606. The highest BCUT2D eigenvalue weighted by Crippen LogP contribution is 2.17. The lowest BCUT2D eigenvalue weighted by Crippen LogP contribution is -2.23. The molecule has 0 saturated heterocycles. The van der Waals surface area contributed by atoms with Crippen LogP contribution in [0.15, 0.2) is 18.5 Å². The van der Waals surface area contributed by atoms with Crippen molar-refractivity contribution in [1.29, 1.82) is 0 Å². The van der Waals surface area contributed by atoms with E-state index in [0.717, 1.165) is 11.3 Å². The average Bonchev–Trinajstić information content (AvgIpc) is 3.03. The van der Waals surface area contributed by atoms with Crippen molar-refractivity contribution < 1.29 is 14.7 Å². The molecule has 0 saturated carbocycles. The van der Waals surface area contributed by atoms with Gasteiger partial charge >= 0.3 is 5.97 Å². The van der Waals surface area contributed by atoms with E-state index in [-0.39, 0.29) is 17.3 Å². The quantitative estimate of drug-likeness (QED) is 0.830. The van der Waals surface area contributed by atoms with Crippen molar-refractivity contribution >= 4 is 23.2 Å². The van der Waals surface area contributed by atoms with E-state index < -0.39 is 5.97 Å². The van der Waals surface area contributed by atoms with Crippen molar-refractivity contribution in [1.82, 2.24) is 20.1 Å². The molecule has 2 N–H and O–H groups in total. The summed E-state index contributed by atoms with van der Waals surface area (Å²) in [6.45, 7) is 2.40. The number of carbonyl (C=O) groups excluding carboxylic acids is 1. The van der Waals surface area contributed by atoms with Crippen LogP contribution in [0.5, 0.6) is 0 Å². The van der Waals surface area contributed by atoms with E-state index in [9.17, 15) is 9.59 Å². The second-order valence-corrected chi connectivity index (χ2v) is 5.21. The van der Waals surface area contributed by atoms with Crippen molar-refractivity contribution in [2.45, 2.75) is 26.4 Å². The van der Waals surface area contributed by atoms with Gasteiger partial charge in [-0.3, -0.25) is 9.48 Å². The molecule has 2 aromatic rings. The van der Waals surface area contributed by atoms with Crippen LogP contribution in [-0.2, 0) is 17.9 Å². The Hall–Kier alpha value is -2.22. The van der Waals surface area contributed by atoms with E-state index >= 15 is 0 Å². The molecule has 2 heterocycles. The number of nitrogens with one attached hydrogen (secondary N) is 1. The summed E-state index contributed by atoms with van der Waals surface area (Å²) < 4.78 is 1.68. The third kappa shape index (κ3) is 3.64. The summed E-state index contributed by atoms with van der Waals surface area (Å²) in [4.78, 5) is 26.9. The molecule has 0 unspecified atom stereocenters. The minimum absolute atomic E-state index is 0.120. The monoisotopic (exact) mass is 294 g/mol. The van der Waals surface area contributed by atoms with Crippen LogP contribution in [0.4, 0.5) is 0 Å². The van der Waals surface area contributed by atoms with Crippen LogP contribution in [-0.4, -0.2) is 31.7 Å². The van der Waals surface area contributed by atoms with Gasteiger partial charge in [-0.05, 0) is 13.0 Å². The van der Waals surface area contributed by atoms with Gasteiger partial charge in [0.05, 0.1) is 12.2 Å². The highest BCUT2D eigenvalue weighted by molar-refractivity contribution is 7.13. The van der Waals surface area contributed by atoms with Crippen molar-refractivity contribution in [3.63, 3.8) is 0 Å². The second kappa shape index (κ2) is 6.29. The standard InChI is InChI=1S/C12H14N4O3S/c1-8-11(12(18)19)20-10(15-8)7-13-9(17)3-6-16-5-2-4-14-16/h2,4-5H,3,6-7H2,1H3,(H,13,17)(H,18,19). The summed E-state index contributed by atoms with van der Waals surface area (Å²) in [5, 5.41) is 16.2. The van der Waals surface area contributed by atoms with Gasteiger partial charge in [0.15, 0.2) is 0 Å². The molecule has 106 valence electrons. The van der Waals surface area contributed by atoms with Crippen LogP contribution < -0.4 is 5.32 Å². The number of hydrogen-bond donors (Lipinski definition) is 2. The fraction of sp³-hybridized carbons (Fsp3) is 0.333. The topological polar surface area (TPSA) is 97.1 Å². The predicted molar refractivity (Wildman–Crippen MR) is 72.5 cm³/mol. The molecule has 0 aliphatic heterocycles. The summed E-state index contributed by atoms with van der Waals surface area (Å²) >= 11 is 1.08. The lowest BCUT2D eigenvalue weighted by atomic mass is 10.4. The van der Waals surface area contributed by atoms with Crippen LogP contribution in [0.1, 0.15) is 26.8 Å². The fourth-order valence-electron chi connectivity index (χ4n) is 1.64. The highest BCUT2D eigenvalue weighted by atomic mass is 32.1. The number of hydrogen-bond acceptors (Lipinski definition) is 5. The van der Waals surface area contributed by atoms with Crippen LogP contribution in [0.2, 0.25) is 0 Å². The number of carboxylic acids is 1. The Balaban J connectivity index is 1.81. The van der Waals surface area contributed by atoms with Gasteiger partial charge in [-0.15, -0.1) is 11.3 Å². The van der Waals surface area contributed by atoms with E-state index in [1.165, 1.54) is 0 Å². The highest BCUT2D eigenvalue weighted by Gasteiger charge is 2.14. The van der Waals surface area contributed by atoms with E-state index in [1.54, 1.807) is 30.1 Å². The van der Waals surface area contributed by atoms with Gasteiger partial charge < -0.3 is 10.4 Å². The number of aromatic nitrogens is 3. The molecule has 8 heteroatoms. The molecule has 0 aliphatic carbocycles. The number of carbonyl (C=O) groups is 2. The molecule has 0 radical (unpaired) electrons. The molecule has 0 aliphatic rings. The molecule has 0 fully saturated rings. The molecule has 2 rings (SSSR count). The smallest absolute Gasteiger partial charge is 0.347 e. The number of carboxylic acid groups (broad SMARTS) is 1. The number of aryl methyl sites for hydroxylation is 2. The minimum atomic E-state index is -0.990. The van der Waals surface area contributed by atoms with Crippen molar-refractivity contribution in [3.05, 3.63) is 34.0 Å². The van der Waals surface area contributed by atoms with Crippen LogP contribution in [0.25, 0.3) is 0 Å². The van der Waals surface area contributed by atoms with Gasteiger partial charge in [-0.25, -0.2) is 9.78 Å². The van der Waals surface area contributed by atoms with Gasteiger partial charge in [0.25, 0.3) is 0 Å². The van der Waals surface area contributed by atoms with Gasteiger partial charge in [0, 0.05) is 25.4 Å². The lowest BCUT2D eigenvalue weighted by molar-refractivity contribution is -0.121. The van der Waals surface area contributed by atoms with Crippen molar-refractivity contribution in [3.8, 4) is 0 Å². The van der Waals surface area contributed by atoms with Gasteiger partial charge in [-0.2, -0.15) is 5.10 Å². The van der Waals surface area contributed by atoms with E-state index in [4.69, 9.17) is 5.11 Å². The Kier molecular flexibility index (Phi) is 4.46. The zero-order valence-electron chi connectivity index (χ0n) is 10.9. The normalized spacial score (nSPS) is 10.4. The van der Waals surface area contributed by atoms with E-state index in [0.29, 0.717) is 23.7 Å². The number of nitrogens with zero attached hydrogens (tertiary/aromatic N) is 3. The third-order valence-corrected chi connectivity index (χ3v) is 3.74. The van der Waals surface area contributed by atoms with Crippen LogP contribution in [0.3, 0.4) is 0 Å². The summed E-state index contributed by atoms with van der Waals surface area (Å²) in [6, 6.07) is 1.80. The molecule has 0 spiro atoms. The molecular formula is C12H14N4O3S. The Morgan fingerprint density at radius 2 is 2.30 bits per heavy atom. The largest absolute Gasteiger partial charge is 0.477 e. The summed E-state index contributed by atoms with van der Waals surface area (Å²) in [5.74, 6) is -1.11. The zero-order valence-corrected chi connectivity index (χ0v) is 11.7. The van der Waals surface area contributed by atoms with Gasteiger partial charge in [-0.1, -0.05) is 0 Å². The summed E-state index contributed by atoms with van der Waals surface area (Å²) in [6.07, 6.45) is 3.76. The number of amides is 1. The molecule has 1 amide bonds. The van der Waals surface area contributed by atoms with Gasteiger partial charge in [0.1, 0.15) is 9.88 Å². The first kappa shape index (κ1) is 14.2. The molecule has 2 aromatic heterocycles. The number of rotatable bonds is 6. The number of thiazole rings is 1.